The summed E-state index contributed by atoms with van der Waals surface area (Å²) in [7, 11) is -1.95. The lowest BCUT2D eigenvalue weighted by Crippen LogP contribution is -2.45. The van der Waals surface area contributed by atoms with Gasteiger partial charge in [-0.25, -0.2) is 4.79 Å². The van der Waals surface area contributed by atoms with Crippen molar-refractivity contribution in [3.8, 4) is 0 Å². The summed E-state index contributed by atoms with van der Waals surface area (Å²) in [5, 5.41) is 0.0922. The molecule has 4 nitrogen and oxygen atoms in total. The number of likely N-dealkylation sites (tertiary alicyclic amines) is 1. The normalized spacial score (nSPS) is 20.9. The number of carbonyl (C=O) groups excluding carboxylic acids is 1. The molecule has 0 aromatic carbocycles. The van der Waals surface area contributed by atoms with Crippen LogP contribution >= 0.6 is 11.8 Å². The Morgan fingerprint density at radius 1 is 1.06 bits per heavy atom. The fourth-order valence-electron chi connectivity index (χ4n) is 3.27. The molecule has 1 rings (SSSR count). The van der Waals surface area contributed by atoms with Gasteiger partial charge in [-0.05, 0) is 76.1 Å². The van der Waals surface area contributed by atoms with Crippen LogP contribution in [0.2, 0.25) is 18.1 Å². The third kappa shape index (κ3) is 10.8. The maximum Gasteiger partial charge on any atom is 0.410 e. The van der Waals surface area contributed by atoms with Gasteiger partial charge in [-0.15, -0.1) is 0 Å². The van der Waals surface area contributed by atoms with Crippen molar-refractivity contribution in [3.63, 3.8) is 0 Å². The second kappa shape index (κ2) is 11.1. The number of hydrogen-bond acceptors (Lipinski definition) is 4. The predicted octanol–water partition coefficient (Wildman–Crippen LogP) is 7.24. The zero-order valence-corrected chi connectivity index (χ0v) is 22.3. The van der Waals surface area contributed by atoms with Crippen molar-refractivity contribution in [1.29, 1.82) is 0 Å². The van der Waals surface area contributed by atoms with E-state index in [0.717, 1.165) is 25.0 Å². The van der Waals surface area contributed by atoms with Crippen molar-refractivity contribution in [2.45, 2.75) is 116 Å². The Labute approximate surface area is 192 Å². The molecule has 1 heterocycles. The molecule has 0 radical (unpaired) electrons. The van der Waals surface area contributed by atoms with Crippen molar-refractivity contribution in [2.24, 2.45) is 0 Å². The summed E-state index contributed by atoms with van der Waals surface area (Å²) >= 11 is 1.55. The van der Waals surface area contributed by atoms with Crippen LogP contribution in [0.1, 0.15) is 73.6 Å². The minimum Gasteiger partial charge on any atom is -0.444 e. The second-order valence-electron chi connectivity index (χ2n) is 11.0. The Kier molecular flexibility index (Phi) is 10.3. The van der Waals surface area contributed by atoms with Crippen LogP contribution in [0.4, 0.5) is 18.0 Å². The first kappa shape index (κ1) is 28.6. The van der Waals surface area contributed by atoms with Gasteiger partial charge in [0.1, 0.15) is 5.60 Å². The van der Waals surface area contributed by atoms with E-state index < -0.39 is 26.5 Å². The second-order valence-corrected chi connectivity index (χ2v) is 17.0. The molecule has 0 spiro atoms. The van der Waals surface area contributed by atoms with Crippen LogP contribution in [0.25, 0.3) is 0 Å². The van der Waals surface area contributed by atoms with E-state index in [1.165, 1.54) is 0 Å². The molecule has 184 valence electrons. The highest BCUT2D eigenvalue weighted by atomic mass is 32.2. The standard InChI is InChI=1S/C22H42F3NO3SSi/c1-20(2,3)28-19(27)26-16-18(29-31(7,8)21(4,5)6)15-17(26)11-9-13-30-14-10-12-22(23,24)25/h17-18H,9-16H2,1-8H3/t17-,18-/m1/s1. The molecule has 1 saturated heterocycles. The van der Waals surface area contributed by atoms with Gasteiger partial charge in [0.25, 0.3) is 0 Å². The van der Waals surface area contributed by atoms with Crippen LogP contribution in [0.15, 0.2) is 0 Å². The Balaban J connectivity index is 2.62. The van der Waals surface area contributed by atoms with Gasteiger partial charge in [-0.3, -0.25) is 0 Å². The van der Waals surface area contributed by atoms with Crippen molar-refractivity contribution in [3.05, 3.63) is 0 Å². The van der Waals surface area contributed by atoms with Gasteiger partial charge < -0.3 is 14.1 Å². The average Bonchev–Trinajstić information content (AvgIpc) is 2.92. The molecule has 0 saturated carbocycles. The van der Waals surface area contributed by atoms with E-state index in [0.29, 0.717) is 12.3 Å². The molecule has 0 aliphatic carbocycles. The molecule has 1 fully saturated rings. The molecule has 1 aliphatic rings. The van der Waals surface area contributed by atoms with E-state index in [1.54, 1.807) is 16.7 Å². The highest BCUT2D eigenvalue weighted by molar-refractivity contribution is 7.99. The average molecular weight is 486 g/mol. The molecular weight excluding hydrogens is 443 g/mol. The zero-order valence-electron chi connectivity index (χ0n) is 20.5. The number of halogens is 3. The molecule has 9 heteroatoms. The molecule has 0 aromatic rings. The summed E-state index contributed by atoms with van der Waals surface area (Å²) < 4.78 is 48.9. The number of nitrogens with zero attached hydrogens (tertiary/aromatic N) is 1. The molecule has 0 bridgehead atoms. The maximum absolute atomic E-state index is 12.8. The number of carbonyl (C=O) groups is 1. The van der Waals surface area contributed by atoms with E-state index in [2.05, 4.69) is 33.9 Å². The van der Waals surface area contributed by atoms with Gasteiger partial charge >= 0.3 is 12.3 Å². The van der Waals surface area contributed by atoms with Gasteiger partial charge in [0, 0.05) is 19.0 Å². The number of ether oxygens (including phenoxy) is 1. The summed E-state index contributed by atoms with van der Waals surface area (Å²) in [5.74, 6) is 1.31. The van der Waals surface area contributed by atoms with Crippen molar-refractivity contribution in [2.75, 3.05) is 18.1 Å². The summed E-state index contributed by atoms with van der Waals surface area (Å²) in [5.41, 5.74) is -0.561. The first-order valence-corrected chi connectivity index (χ1v) is 15.3. The van der Waals surface area contributed by atoms with Crippen LogP contribution in [-0.2, 0) is 9.16 Å². The molecule has 0 N–H and O–H groups in total. The lowest BCUT2D eigenvalue weighted by molar-refractivity contribution is -0.134. The molecule has 0 aromatic heterocycles. The van der Waals surface area contributed by atoms with E-state index in [1.807, 2.05) is 20.8 Å². The van der Waals surface area contributed by atoms with E-state index >= 15 is 0 Å². The first-order chi connectivity index (χ1) is 13.9. The molecule has 1 aliphatic heterocycles. The maximum atomic E-state index is 12.8. The van der Waals surface area contributed by atoms with Crippen molar-refractivity contribution in [1.82, 2.24) is 4.90 Å². The fourth-order valence-corrected chi connectivity index (χ4v) is 5.55. The highest BCUT2D eigenvalue weighted by Gasteiger charge is 2.44. The van der Waals surface area contributed by atoms with Crippen molar-refractivity contribution < 1.29 is 27.1 Å². The van der Waals surface area contributed by atoms with Gasteiger partial charge in [0.05, 0.1) is 6.10 Å². The number of hydrogen-bond donors (Lipinski definition) is 0. The Morgan fingerprint density at radius 2 is 1.65 bits per heavy atom. The van der Waals surface area contributed by atoms with Crippen LogP contribution < -0.4 is 0 Å². The number of rotatable bonds is 9. The monoisotopic (exact) mass is 485 g/mol. The van der Waals surface area contributed by atoms with Crippen LogP contribution in [0.3, 0.4) is 0 Å². The molecule has 0 unspecified atom stereocenters. The Bertz CT molecular complexity index is 574. The number of alkyl halides is 3. The van der Waals surface area contributed by atoms with Gasteiger partial charge in [-0.2, -0.15) is 24.9 Å². The molecule has 31 heavy (non-hydrogen) atoms. The number of thioether (sulfide) groups is 1. The summed E-state index contributed by atoms with van der Waals surface area (Å²) in [6.07, 6.45) is -2.50. The molecule has 2 atom stereocenters. The highest BCUT2D eigenvalue weighted by Crippen LogP contribution is 2.39. The Hall–Kier alpha value is -0.413. The van der Waals surface area contributed by atoms with E-state index in [-0.39, 0.29) is 29.7 Å². The quantitative estimate of drug-likeness (QED) is 0.255. The smallest absolute Gasteiger partial charge is 0.410 e. The van der Waals surface area contributed by atoms with Crippen molar-refractivity contribution >= 4 is 26.2 Å². The minimum atomic E-state index is -4.07. The van der Waals surface area contributed by atoms with E-state index in [4.69, 9.17) is 9.16 Å². The Morgan fingerprint density at radius 3 is 2.16 bits per heavy atom. The minimum absolute atomic E-state index is 0.00199. The summed E-state index contributed by atoms with van der Waals surface area (Å²) in [6, 6.07) is 0.0420. The van der Waals surface area contributed by atoms with Crippen LogP contribution in [0, 0.1) is 0 Å². The third-order valence-corrected chi connectivity index (χ3v) is 11.5. The summed E-state index contributed by atoms with van der Waals surface area (Å²) in [4.78, 5) is 14.6. The van der Waals surface area contributed by atoms with Gasteiger partial charge in [0.15, 0.2) is 8.32 Å². The lowest BCUT2D eigenvalue weighted by Gasteiger charge is -2.38. The lowest BCUT2D eigenvalue weighted by atomic mass is 10.1. The molecular formula is C22H42F3NO3SSi. The van der Waals surface area contributed by atoms with Crippen LogP contribution in [0.5, 0.6) is 0 Å². The largest absolute Gasteiger partial charge is 0.444 e. The first-order valence-electron chi connectivity index (χ1n) is 11.2. The van der Waals surface area contributed by atoms with Gasteiger partial charge in [0.2, 0.25) is 0 Å². The molecule has 1 amide bonds. The topological polar surface area (TPSA) is 38.8 Å². The fraction of sp³-hybridized carbons (Fsp3) is 0.955. The van der Waals surface area contributed by atoms with Crippen LogP contribution in [-0.4, -0.2) is 61.3 Å². The zero-order chi connectivity index (χ0) is 24.1. The SMILES string of the molecule is CC(C)(C)OC(=O)N1C[C@H](O[Si](C)(C)C(C)(C)C)C[C@H]1CCCSCCCC(F)(F)F. The van der Waals surface area contributed by atoms with Gasteiger partial charge in [-0.1, -0.05) is 20.8 Å². The predicted molar refractivity (Wildman–Crippen MR) is 125 cm³/mol. The third-order valence-electron chi connectivity index (χ3n) is 5.85. The van der Waals surface area contributed by atoms with E-state index in [9.17, 15) is 18.0 Å². The number of amides is 1. The summed E-state index contributed by atoms with van der Waals surface area (Å²) in [6.45, 7) is 17.1.